The predicted octanol–water partition coefficient (Wildman–Crippen LogP) is 2.41. The Morgan fingerprint density at radius 3 is 2.40 bits per heavy atom. The third-order valence-corrected chi connectivity index (χ3v) is 4.68. The first-order valence-electron chi connectivity index (χ1n) is 7.44. The van der Waals surface area contributed by atoms with Crippen LogP contribution in [0.4, 0.5) is 0 Å². The van der Waals surface area contributed by atoms with E-state index in [1.165, 1.54) is 6.42 Å². The average Bonchev–Trinajstić information content (AvgIpc) is 3.01. The van der Waals surface area contributed by atoms with Gasteiger partial charge in [0.15, 0.2) is 6.29 Å². The van der Waals surface area contributed by atoms with Crippen molar-refractivity contribution in [1.29, 1.82) is 0 Å². The van der Waals surface area contributed by atoms with Gasteiger partial charge >= 0.3 is 0 Å². The number of aliphatic hydroxyl groups excluding tert-OH is 1. The predicted molar refractivity (Wildman–Crippen MR) is 74.1 cm³/mol. The van der Waals surface area contributed by atoms with Crippen LogP contribution in [-0.2, 0) is 4.74 Å². The molecule has 0 radical (unpaired) electrons. The molecule has 2 aliphatic rings. The maximum absolute atomic E-state index is 9.96. The molecule has 1 aromatic carbocycles. The maximum atomic E-state index is 9.96. The van der Waals surface area contributed by atoms with E-state index in [1.54, 1.807) is 4.80 Å². The minimum Gasteiger partial charge on any atom is -0.368 e. The van der Waals surface area contributed by atoms with E-state index in [4.69, 9.17) is 4.74 Å². The second-order valence-electron chi connectivity index (χ2n) is 5.96. The van der Waals surface area contributed by atoms with Crippen LogP contribution in [0.15, 0.2) is 24.3 Å². The molecule has 1 saturated heterocycles. The monoisotopic (exact) mass is 273 g/mol. The van der Waals surface area contributed by atoms with Crippen molar-refractivity contribution in [3.8, 4) is 0 Å². The number of hydrogen-bond acceptors (Lipinski definition) is 4. The van der Waals surface area contributed by atoms with Crippen LogP contribution >= 0.6 is 0 Å². The van der Waals surface area contributed by atoms with Crippen LogP contribution < -0.4 is 0 Å². The normalized spacial score (nSPS) is 29.2. The molecule has 1 spiro atoms. The average molecular weight is 273 g/mol. The summed E-state index contributed by atoms with van der Waals surface area (Å²) in [6.45, 7) is 0. The zero-order chi connectivity index (χ0) is 13.6. The van der Waals surface area contributed by atoms with Crippen molar-refractivity contribution in [2.45, 2.75) is 56.5 Å². The summed E-state index contributed by atoms with van der Waals surface area (Å²) in [5.74, 6) is 0. The van der Waals surface area contributed by atoms with Gasteiger partial charge in [0, 0.05) is 6.42 Å². The lowest BCUT2D eigenvalue weighted by molar-refractivity contribution is -0.155. The molecule has 0 amide bonds. The summed E-state index contributed by atoms with van der Waals surface area (Å²) in [4.78, 5) is 1.78. The maximum Gasteiger partial charge on any atom is 0.157 e. The van der Waals surface area contributed by atoms with E-state index < -0.39 is 6.29 Å². The van der Waals surface area contributed by atoms with Crippen molar-refractivity contribution in [3.63, 3.8) is 0 Å². The van der Waals surface area contributed by atoms with Gasteiger partial charge in [-0.2, -0.15) is 15.0 Å². The summed E-state index contributed by atoms with van der Waals surface area (Å²) in [5, 5.41) is 19.1. The van der Waals surface area contributed by atoms with Crippen molar-refractivity contribution in [2.24, 2.45) is 0 Å². The van der Waals surface area contributed by atoms with Gasteiger partial charge in [0.2, 0.25) is 0 Å². The molecule has 2 atom stereocenters. The molecule has 2 unspecified atom stereocenters. The molecule has 1 aliphatic heterocycles. The molecule has 2 heterocycles. The Hall–Kier alpha value is -1.46. The number of benzene rings is 1. The quantitative estimate of drug-likeness (QED) is 0.866. The van der Waals surface area contributed by atoms with Crippen molar-refractivity contribution >= 4 is 11.0 Å². The molecule has 1 aromatic heterocycles. The van der Waals surface area contributed by atoms with E-state index in [9.17, 15) is 5.11 Å². The minimum absolute atomic E-state index is 0.0465. The van der Waals surface area contributed by atoms with Gasteiger partial charge in [0.25, 0.3) is 0 Å². The van der Waals surface area contributed by atoms with Gasteiger partial charge < -0.3 is 9.84 Å². The van der Waals surface area contributed by atoms with Gasteiger partial charge in [-0.05, 0) is 25.0 Å². The van der Waals surface area contributed by atoms with Crippen LogP contribution in [0.5, 0.6) is 0 Å². The van der Waals surface area contributed by atoms with E-state index in [0.717, 1.165) is 36.7 Å². The lowest BCUT2D eigenvalue weighted by atomic mass is 9.80. The molecule has 4 rings (SSSR count). The molecule has 0 bridgehead atoms. The molecule has 5 heteroatoms. The number of fused-ring (bicyclic) bond motifs is 1. The fourth-order valence-corrected chi connectivity index (χ4v) is 3.73. The molecule has 5 nitrogen and oxygen atoms in total. The first kappa shape index (κ1) is 12.3. The van der Waals surface area contributed by atoms with Crippen LogP contribution in [0.25, 0.3) is 11.0 Å². The zero-order valence-electron chi connectivity index (χ0n) is 11.4. The molecule has 106 valence electrons. The van der Waals surface area contributed by atoms with Crippen LogP contribution in [0.1, 0.15) is 44.6 Å². The highest BCUT2D eigenvalue weighted by Gasteiger charge is 2.50. The SMILES string of the molecule is OC1CC(n2nc3ccccc3n2)C2(CCCCC2)O1. The van der Waals surface area contributed by atoms with E-state index in [1.807, 2.05) is 24.3 Å². The summed E-state index contributed by atoms with van der Waals surface area (Å²) >= 11 is 0. The van der Waals surface area contributed by atoms with Crippen LogP contribution in [-0.4, -0.2) is 32.0 Å². The Labute approximate surface area is 117 Å². The third-order valence-electron chi connectivity index (χ3n) is 4.68. The largest absolute Gasteiger partial charge is 0.368 e. The van der Waals surface area contributed by atoms with Gasteiger partial charge in [-0.25, -0.2) is 0 Å². The molecule has 1 saturated carbocycles. The Morgan fingerprint density at radius 1 is 1.10 bits per heavy atom. The fraction of sp³-hybridized carbons (Fsp3) is 0.600. The van der Waals surface area contributed by atoms with Crippen molar-refractivity contribution < 1.29 is 9.84 Å². The van der Waals surface area contributed by atoms with E-state index in [2.05, 4.69) is 10.2 Å². The second-order valence-corrected chi connectivity index (χ2v) is 5.96. The Balaban J connectivity index is 1.74. The number of hydrogen-bond donors (Lipinski definition) is 1. The molecule has 1 N–H and O–H groups in total. The third kappa shape index (κ3) is 1.84. The summed E-state index contributed by atoms with van der Waals surface area (Å²) in [6, 6.07) is 7.93. The summed E-state index contributed by atoms with van der Waals surface area (Å²) in [5.41, 5.74) is 1.53. The number of ether oxygens (including phenoxy) is 1. The van der Waals surface area contributed by atoms with Crippen LogP contribution in [0, 0.1) is 0 Å². The lowest BCUT2D eigenvalue weighted by Gasteiger charge is -2.36. The Kier molecular flexibility index (Phi) is 2.79. The highest BCUT2D eigenvalue weighted by Crippen LogP contribution is 2.47. The molecule has 2 fully saturated rings. The van der Waals surface area contributed by atoms with Gasteiger partial charge in [-0.1, -0.05) is 31.4 Å². The van der Waals surface area contributed by atoms with Gasteiger partial charge in [0.05, 0.1) is 5.60 Å². The van der Waals surface area contributed by atoms with Crippen molar-refractivity contribution in [1.82, 2.24) is 15.0 Å². The van der Waals surface area contributed by atoms with E-state index in [-0.39, 0.29) is 11.6 Å². The topological polar surface area (TPSA) is 60.2 Å². The molecule has 2 aromatic rings. The van der Waals surface area contributed by atoms with E-state index in [0.29, 0.717) is 6.42 Å². The molecule has 20 heavy (non-hydrogen) atoms. The number of aromatic nitrogens is 3. The standard InChI is InChI=1S/C15H19N3O2/c19-14-10-13(15(20-14)8-4-1-5-9-15)18-16-11-6-2-3-7-12(11)17-18/h2-3,6-7,13-14,19H,1,4-5,8-10H2. The second kappa shape index (κ2) is 4.53. The first-order valence-corrected chi connectivity index (χ1v) is 7.44. The Morgan fingerprint density at radius 2 is 1.75 bits per heavy atom. The van der Waals surface area contributed by atoms with Crippen molar-refractivity contribution in [2.75, 3.05) is 0 Å². The fourth-order valence-electron chi connectivity index (χ4n) is 3.73. The number of nitrogens with zero attached hydrogens (tertiary/aromatic N) is 3. The highest BCUT2D eigenvalue weighted by atomic mass is 16.6. The summed E-state index contributed by atoms with van der Waals surface area (Å²) < 4.78 is 5.91. The molecular formula is C15H19N3O2. The summed E-state index contributed by atoms with van der Waals surface area (Å²) in [7, 11) is 0. The van der Waals surface area contributed by atoms with Crippen LogP contribution in [0.2, 0.25) is 0 Å². The summed E-state index contributed by atoms with van der Waals surface area (Å²) in [6.07, 6.45) is 5.45. The molecular weight excluding hydrogens is 254 g/mol. The Bertz CT molecular complexity index is 585. The molecule has 1 aliphatic carbocycles. The van der Waals surface area contributed by atoms with Crippen molar-refractivity contribution in [3.05, 3.63) is 24.3 Å². The highest BCUT2D eigenvalue weighted by molar-refractivity contribution is 5.73. The minimum atomic E-state index is -0.688. The smallest absolute Gasteiger partial charge is 0.157 e. The zero-order valence-corrected chi connectivity index (χ0v) is 11.4. The number of rotatable bonds is 1. The van der Waals surface area contributed by atoms with Gasteiger partial charge in [0.1, 0.15) is 17.1 Å². The van der Waals surface area contributed by atoms with Gasteiger partial charge in [-0.3, -0.25) is 0 Å². The van der Waals surface area contributed by atoms with E-state index >= 15 is 0 Å². The lowest BCUT2D eigenvalue weighted by Crippen LogP contribution is -2.40. The number of aliphatic hydroxyl groups is 1. The first-order chi connectivity index (χ1) is 9.77. The van der Waals surface area contributed by atoms with Crippen LogP contribution in [0.3, 0.4) is 0 Å². The van der Waals surface area contributed by atoms with Gasteiger partial charge in [-0.15, -0.1) is 0 Å².